The van der Waals surface area contributed by atoms with E-state index in [0.717, 1.165) is 22.1 Å². The summed E-state index contributed by atoms with van der Waals surface area (Å²) >= 11 is 6.68. The van der Waals surface area contributed by atoms with Crippen LogP contribution in [0.25, 0.3) is 0 Å². The number of fused-ring (bicyclic) bond motifs is 1. The van der Waals surface area contributed by atoms with Crippen LogP contribution in [0, 0.1) is 5.82 Å². The van der Waals surface area contributed by atoms with Crippen LogP contribution in [0.2, 0.25) is 0 Å². The second-order valence-electron chi connectivity index (χ2n) is 4.99. The first-order chi connectivity index (χ1) is 10.0. The lowest BCUT2D eigenvalue weighted by molar-refractivity contribution is -0.119. The Balaban J connectivity index is 1.96. The van der Waals surface area contributed by atoms with E-state index in [1.54, 1.807) is 17.0 Å². The molecule has 5 heteroatoms. The third-order valence-corrected chi connectivity index (χ3v) is 4.57. The molecule has 0 bridgehead atoms. The van der Waals surface area contributed by atoms with E-state index in [9.17, 15) is 9.18 Å². The highest BCUT2D eigenvalue weighted by Crippen LogP contribution is 2.32. The molecule has 1 heterocycles. The van der Waals surface area contributed by atoms with Gasteiger partial charge in [0.1, 0.15) is 5.82 Å². The lowest BCUT2D eigenvalue weighted by atomic mass is 10.0. The van der Waals surface area contributed by atoms with Crippen molar-refractivity contribution in [1.82, 2.24) is 0 Å². The van der Waals surface area contributed by atoms with Gasteiger partial charge in [-0.2, -0.15) is 0 Å². The Morgan fingerprint density at radius 3 is 2.52 bits per heavy atom. The molecular formula is C16H12Br2FNO. The molecule has 0 radical (unpaired) electrons. The van der Waals surface area contributed by atoms with Crippen LogP contribution in [0.4, 0.5) is 10.1 Å². The minimum Gasteiger partial charge on any atom is -0.308 e. The highest BCUT2D eigenvalue weighted by molar-refractivity contribution is 9.10. The zero-order valence-electron chi connectivity index (χ0n) is 11.1. The number of rotatable bonds is 2. The highest BCUT2D eigenvalue weighted by atomic mass is 79.9. The van der Waals surface area contributed by atoms with Gasteiger partial charge in [0.25, 0.3) is 0 Å². The van der Waals surface area contributed by atoms with Crippen LogP contribution in [0.3, 0.4) is 0 Å². The fourth-order valence-corrected chi connectivity index (χ4v) is 3.26. The number of halogens is 3. The average Bonchev–Trinajstić information content (AvgIpc) is 2.44. The fraction of sp³-hybridized carbons (Fsp3) is 0.188. The predicted molar refractivity (Wildman–Crippen MR) is 87.8 cm³/mol. The van der Waals surface area contributed by atoms with Crippen LogP contribution in [0.15, 0.2) is 45.3 Å². The van der Waals surface area contributed by atoms with E-state index in [1.807, 2.05) is 18.2 Å². The van der Waals surface area contributed by atoms with Gasteiger partial charge in [0.05, 0.1) is 6.54 Å². The lowest BCUT2D eigenvalue weighted by Gasteiger charge is -2.29. The van der Waals surface area contributed by atoms with Gasteiger partial charge in [0.15, 0.2) is 0 Å². The van der Waals surface area contributed by atoms with E-state index in [4.69, 9.17) is 0 Å². The topological polar surface area (TPSA) is 20.3 Å². The molecule has 0 aromatic heterocycles. The SMILES string of the molecule is O=C1CCc2cc(Br)ccc2N1Cc1ccc(Br)cc1F. The van der Waals surface area contributed by atoms with E-state index >= 15 is 0 Å². The number of hydrogen-bond donors (Lipinski definition) is 0. The van der Waals surface area contributed by atoms with E-state index in [2.05, 4.69) is 31.9 Å². The summed E-state index contributed by atoms with van der Waals surface area (Å²) in [5.74, 6) is -0.270. The first kappa shape index (κ1) is 14.7. The molecule has 0 saturated carbocycles. The number of amides is 1. The van der Waals surface area contributed by atoms with Crippen molar-refractivity contribution in [2.75, 3.05) is 4.90 Å². The minimum absolute atomic E-state index is 0.0344. The van der Waals surface area contributed by atoms with Gasteiger partial charge >= 0.3 is 0 Å². The molecule has 2 nitrogen and oxygen atoms in total. The summed E-state index contributed by atoms with van der Waals surface area (Å²) in [6.07, 6.45) is 1.19. The largest absolute Gasteiger partial charge is 0.308 e. The number of anilines is 1. The van der Waals surface area contributed by atoms with E-state index in [1.165, 1.54) is 6.07 Å². The molecule has 0 aliphatic carbocycles. The van der Waals surface area contributed by atoms with E-state index in [0.29, 0.717) is 16.5 Å². The molecule has 3 rings (SSSR count). The Morgan fingerprint density at radius 1 is 1.05 bits per heavy atom. The number of aryl methyl sites for hydroxylation is 1. The van der Waals surface area contributed by atoms with Crippen LogP contribution >= 0.6 is 31.9 Å². The molecule has 2 aromatic rings. The number of benzene rings is 2. The molecule has 1 aliphatic rings. The summed E-state index contributed by atoms with van der Waals surface area (Å²) in [5, 5.41) is 0. The van der Waals surface area contributed by atoms with Crippen LogP contribution < -0.4 is 4.90 Å². The zero-order valence-corrected chi connectivity index (χ0v) is 14.2. The minimum atomic E-state index is -0.304. The quantitative estimate of drug-likeness (QED) is 0.691. The van der Waals surface area contributed by atoms with Crippen molar-refractivity contribution in [2.24, 2.45) is 0 Å². The molecule has 0 atom stereocenters. The van der Waals surface area contributed by atoms with Crippen molar-refractivity contribution in [3.8, 4) is 0 Å². The van der Waals surface area contributed by atoms with Crippen molar-refractivity contribution in [2.45, 2.75) is 19.4 Å². The van der Waals surface area contributed by atoms with Crippen molar-refractivity contribution >= 4 is 43.5 Å². The molecule has 0 unspecified atom stereocenters. The molecule has 0 saturated heterocycles. The van der Waals surface area contributed by atoms with Crippen LogP contribution in [0.5, 0.6) is 0 Å². The van der Waals surface area contributed by atoms with Gasteiger partial charge in [-0.25, -0.2) is 4.39 Å². The Morgan fingerprint density at radius 2 is 1.76 bits per heavy atom. The van der Waals surface area contributed by atoms with Crippen LogP contribution in [-0.2, 0) is 17.8 Å². The maximum absolute atomic E-state index is 14.0. The van der Waals surface area contributed by atoms with Crippen molar-refractivity contribution in [1.29, 1.82) is 0 Å². The summed E-state index contributed by atoms with van der Waals surface area (Å²) < 4.78 is 15.7. The Bertz CT molecular complexity index is 717. The normalized spacial score (nSPS) is 14.2. The van der Waals surface area contributed by atoms with Gasteiger partial charge in [-0.15, -0.1) is 0 Å². The van der Waals surface area contributed by atoms with Gasteiger partial charge in [0.2, 0.25) is 5.91 Å². The summed E-state index contributed by atoms with van der Waals surface area (Å²) in [7, 11) is 0. The van der Waals surface area contributed by atoms with Gasteiger partial charge in [-0.05, 0) is 42.3 Å². The van der Waals surface area contributed by atoms with Crippen LogP contribution in [0.1, 0.15) is 17.5 Å². The molecule has 108 valence electrons. The zero-order chi connectivity index (χ0) is 15.0. The molecule has 0 fully saturated rings. The molecule has 0 spiro atoms. The number of carbonyl (C=O) groups is 1. The predicted octanol–water partition coefficient (Wildman–Crippen LogP) is 4.83. The molecular weight excluding hydrogens is 401 g/mol. The molecule has 2 aromatic carbocycles. The van der Waals surface area contributed by atoms with Crippen molar-refractivity contribution in [3.63, 3.8) is 0 Å². The monoisotopic (exact) mass is 411 g/mol. The number of carbonyl (C=O) groups excluding carboxylic acids is 1. The van der Waals surface area contributed by atoms with E-state index < -0.39 is 0 Å². The van der Waals surface area contributed by atoms with E-state index in [-0.39, 0.29) is 18.3 Å². The Kier molecular flexibility index (Phi) is 4.13. The summed E-state index contributed by atoms with van der Waals surface area (Å²) in [6.45, 7) is 0.257. The maximum Gasteiger partial charge on any atom is 0.227 e. The molecule has 1 aliphatic heterocycles. The third-order valence-electron chi connectivity index (χ3n) is 3.59. The molecule has 0 N–H and O–H groups in total. The van der Waals surface area contributed by atoms with Crippen molar-refractivity contribution in [3.05, 3.63) is 62.3 Å². The smallest absolute Gasteiger partial charge is 0.227 e. The third kappa shape index (κ3) is 3.04. The summed E-state index contributed by atoms with van der Waals surface area (Å²) in [6, 6.07) is 10.8. The first-order valence-electron chi connectivity index (χ1n) is 6.57. The fourth-order valence-electron chi connectivity index (χ4n) is 2.52. The highest BCUT2D eigenvalue weighted by Gasteiger charge is 2.25. The van der Waals surface area contributed by atoms with Crippen molar-refractivity contribution < 1.29 is 9.18 Å². The van der Waals surface area contributed by atoms with Gasteiger partial charge in [-0.3, -0.25) is 4.79 Å². The second-order valence-corrected chi connectivity index (χ2v) is 6.82. The Hall–Kier alpha value is -1.20. The average molecular weight is 413 g/mol. The molecule has 1 amide bonds. The van der Waals surface area contributed by atoms with Crippen LogP contribution in [-0.4, -0.2) is 5.91 Å². The second kappa shape index (κ2) is 5.89. The lowest BCUT2D eigenvalue weighted by Crippen LogP contribution is -2.34. The standard InChI is InChI=1S/C16H12Br2FNO/c17-12-4-5-15-10(7-12)2-6-16(21)20(15)9-11-1-3-13(18)8-14(11)19/h1,3-5,7-8H,2,6,9H2. The summed E-state index contributed by atoms with van der Waals surface area (Å²) in [5.41, 5.74) is 2.50. The summed E-state index contributed by atoms with van der Waals surface area (Å²) in [4.78, 5) is 13.9. The number of hydrogen-bond acceptors (Lipinski definition) is 1. The van der Waals surface area contributed by atoms with Gasteiger partial charge in [-0.1, -0.05) is 37.9 Å². The Labute approximate surface area is 139 Å². The van der Waals surface area contributed by atoms with Gasteiger partial charge < -0.3 is 4.90 Å². The maximum atomic E-state index is 14.0. The molecule has 21 heavy (non-hydrogen) atoms. The van der Waals surface area contributed by atoms with Gasteiger partial charge in [0, 0.05) is 26.6 Å². The number of nitrogens with zero attached hydrogens (tertiary/aromatic N) is 1. The first-order valence-corrected chi connectivity index (χ1v) is 8.16.